The van der Waals surface area contributed by atoms with Crippen molar-refractivity contribution in [1.82, 2.24) is 0 Å². The van der Waals surface area contributed by atoms with Crippen LogP contribution in [-0.4, -0.2) is 89.6 Å². The van der Waals surface area contributed by atoms with Crippen molar-refractivity contribution in [3.8, 4) is 0 Å². The molecule has 1 saturated heterocycles. The van der Waals surface area contributed by atoms with E-state index in [0.717, 1.165) is 70.6 Å². The fourth-order valence-electron chi connectivity index (χ4n) is 6.44. The zero-order chi connectivity index (χ0) is 42.9. The van der Waals surface area contributed by atoms with Crippen molar-refractivity contribution in [1.29, 1.82) is 0 Å². The zero-order valence-corrected chi connectivity index (χ0v) is 37.0. The van der Waals surface area contributed by atoms with Crippen LogP contribution in [0.5, 0.6) is 0 Å². The van der Waals surface area contributed by atoms with E-state index in [0.29, 0.717) is 13.0 Å². The van der Waals surface area contributed by atoms with Gasteiger partial charge in [0.1, 0.15) is 30.5 Å². The van der Waals surface area contributed by atoms with Crippen molar-refractivity contribution in [3.63, 3.8) is 0 Å². The van der Waals surface area contributed by atoms with Crippen LogP contribution in [0.15, 0.2) is 85.1 Å². The minimum absolute atomic E-state index is 0.113. The molecule has 0 aromatic rings. The monoisotopic (exact) mass is 829 g/mol. The number of rotatable bonds is 38. The molecule has 1 heterocycles. The highest BCUT2D eigenvalue weighted by Gasteiger charge is 2.44. The number of carbonyl (C=O) groups is 1. The summed E-state index contributed by atoms with van der Waals surface area (Å²) in [6, 6.07) is 0. The molecule has 0 saturated carbocycles. The van der Waals surface area contributed by atoms with Gasteiger partial charge in [0, 0.05) is 13.0 Å². The van der Waals surface area contributed by atoms with Crippen molar-refractivity contribution < 1.29 is 44.2 Å². The zero-order valence-electron chi connectivity index (χ0n) is 37.0. The molecule has 4 N–H and O–H groups in total. The Bertz CT molecular complexity index is 1170. The van der Waals surface area contributed by atoms with Gasteiger partial charge >= 0.3 is 5.97 Å². The van der Waals surface area contributed by atoms with Crippen molar-refractivity contribution in [2.24, 2.45) is 0 Å². The largest absolute Gasteiger partial charge is 0.457 e. The first-order valence-corrected chi connectivity index (χ1v) is 23.2. The third-order valence-corrected chi connectivity index (χ3v) is 10.0. The first-order chi connectivity index (χ1) is 28.9. The maximum Gasteiger partial charge on any atom is 0.306 e. The Morgan fingerprint density at radius 2 is 1.03 bits per heavy atom. The van der Waals surface area contributed by atoms with E-state index in [4.69, 9.17) is 18.9 Å². The summed E-state index contributed by atoms with van der Waals surface area (Å²) < 4.78 is 22.8. The van der Waals surface area contributed by atoms with Crippen molar-refractivity contribution >= 4 is 5.97 Å². The quantitative estimate of drug-likeness (QED) is 0.0272. The van der Waals surface area contributed by atoms with Crippen LogP contribution in [0.25, 0.3) is 0 Å². The summed E-state index contributed by atoms with van der Waals surface area (Å²) in [6.45, 7) is 4.33. The maximum atomic E-state index is 12.8. The van der Waals surface area contributed by atoms with Gasteiger partial charge in [-0.3, -0.25) is 4.79 Å². The molecule has 9 heteroatoms. The molecule has 0 bridgehead atoms. The highest BCUT2D eigenvalue weighted by atomic mass is 16.7. The molecule has 1 rings (SSSR count). The average molecular weight is 829 g/mol. The van der Waals surface area contributed by atoms with E-state index in [2.05, 4.69) is 98.9 Å². The Kier molecular flexibility index (Phi) is 37.6. The van der Waals surface area contributed by atoms with Crippen LogP contribution >= 0.6 is 0 Å². The van der Waals surface area contributed by atoms with Crippen LogP contribution in [0, 0.1) is 0 Å². The Hall–Kier alpha value is -2.63. The molecule has 59 heavy (non-hydrogen) atoms. The SMILES string of the molecule is CC/C=C\C/C=C\C/C=C\C/C=C\C/C=C\CCCC(=O)OC(COCCCCCCCCCC/C=C\C/C=C\CCCCCC)COC1OC(CO)C(O)C(O)C1O. The molecule has 6 unspecified atom stereocenters. The summed E-state index contributed by atoms with van der Waals surface area (Å²) in [5.41, 5.74) is 0. The summed E-state index contributed by atoms with van der Waals surface area (Å²) in [4.78, 5) is 12.8. The van der Waals surface area contributed by atoms with E-state index < -0.39 is 43.4 Å². The van der Waals surface area contributed by atoms with Crippen LogP contribution in [0.4, 0.5) is 0 Å². The lowest BCUT2D eigenvalue weighted by Crippen LogP contribution is -2.59. The number of ether oxygens (including phenoxy) is 4. The van der Waals surface area contributed by atoms with Crippen LogP contribution in [0.1, 0.15) is 162 Å². The van der Waals surface area contributed by atoms with E-state index in [-0.39, 0.29) is 25.6 Å². The minimum atomic E-state index is -1.55. The van der Waals surface area contributed by atoms with Crippen LogP contribution in [-0.2, 0) is 23.7 Å². The number of esters is 1. The molecule has 0 aliphatic carbocycles. The maximum absolute atomic E-state index is 12.8. The predicted octanol–water partition coefficient (Wildman–Crippen LogP) is 10.6. The van der Waals surface area contributed by atoms with Gasteiger partial charge < -0.3 is 39.4 Å². The van der Waals surface area contributed by atoms with Crippen molar-refractivity contribution in [2.75, 3.05) is 26.4 Å². The second-order valence-electron chi connectivity index (χ2n) is 15.5. The molecule has 1 fully saturated rings. The third kappa shape index (κ3) is 31.8. The average Bonchev–Trinajstić information content (AvgIpc) is 3.24. The summed E-state index contributed by atoms with van der Waals surface area (Å²) in [5.74, 6) is -0.375. The van der Waals surface area contributed by atoms with E-state index in [9.17, 15) is 25.2 Å². The van der Waals surface area contributed by atoms with E-state index in [1.807, 2.05) is 0 Å². The molecule has 0 spiro atoms. The molecule has 0 aromatic heterocycles. The molecule has 1 aliphatic heterocycles. The number of hydrogen-bond acceptors (Lipinski definition) is 9. The topological polar surface area (TPSA) is 135 Å². The molecule has 338 valence electrons. The van der Waals surface area contributed by atoms with Crippen LogP contribution in [0.2, 0.25) is 0 Å². The number of allylic oxidation sites excluding steroid dienone is 14. The van der Waals surface area contributed by atoms with Gasteiger partial charge in [0.2, 0.25) is 0 Å². The summed E-state index contributed by atoms with van der Waals surface area (Å²) >= 11 is 0. The van der Waals surface area contributed by atoms with Crippen LogP contribution < -0.4 is 0 Å². The van der Waals surface area contributed by atoms with E-state index in [1.54, 1.807) is 0 Å². The van der Waals surface area contributed by atoms with E-state index >= 15 is 0 Å². The lowest BCUT2D eigenvalue weighted by Gasteiger charge is -2.39. The fourth-order valence-corrected chi connectivity index (χ4v) is 6.44. The summed E-state index contributed by atoms with van der Waals surface area (Å²) in [5, 5.41) is 40.1. The lowest BCUT2D eigenvalue weighted by atomic mass is 9.99. The lowest BCUT2D eigenvalue weighted by molar-refractivity contribution is -0.305. The standard InChI is InChI=1S/C50H84O9/c1-3-5-7-9-11-13-15-17-19-21-22-24-26-28-30-32-34-36-38-40-56-42-44(43-57-50-49(55)48(54)47(53)45(41-51)59-50)58-46(52)39-37-35-33-31-29-27-25-23-20-18-16-14-12-10-8-6-4-2/h6,8,12-15,18-21,25,27,31,33,44-45,47-51,53-55H,3-5,7,9-11,16-17,22-24,26,28-30,32,34-43H2,1-2H3/b8-6-,14-12-,15-13-,20-18-,21-19-,27-25-,33-31-. The number of hydrogen-bond donors (Lipinski definition) is 4. The highest BCUT2D eigenvalue weighted by Crippen LogP contribution is 2.22. The summed E-state index contributed by atoms with van der Waals surface area (Å²) in [7, 11) is 0. The van der Waals surface area contributed by atoms with Gasteiger partial charge in [-0.05, 0) is 83.5 Å². The Morgan fingerprint density at radius 1 is 0.559 bits per heavy atom. The second kappa shape index (κ2) is 40.8. The normalized spacial score (nSPS) is 20.9. The van der Waals surface area contributed by atoms with Gasteiger partial charge in [0.15, 0.2) is 6.29 Å². The Labute approximate surface area is 359 Å². The number of aliphatic hydroxyl groups excluding tert-OH is 4. The smallest absolute Gasteiger partial charge is 0.306 e. The fraction of sp³-hybridized carbons (Fsp3) is 0.700. The van der Waals surface area contributed by atoms with Gasteiger partial charge in [-0.15, -0.1) is 0 Å². The van der Waals surface area contributed by atoms with Gasteiger partial charge in [-0.1, -0.05) is 157 Å². The third-order valence-electron chi connectivity index (χ3n) is 10.0. The van der Waals surface area contributed by atoms with Gasteiger partial charge in [0.25, 0.3) is 0 Å². The first-order valence-electron chi connectivity index (χ1n) is 23.2. The summed E-state index contributed by atoms with van der Waals surface area (Å²) in [6.07, 6.45) is 47.6. The first kappa shape index (κ1) is 54.4. The van der Waals surface area contributed by atoms with E-state index in [1.165, 1.54) is 64.2 Å². The molecule has 0 aromatic carbocycles. The molecule has 0 radical (unpaired) electrons. The number of carbonyl (C=O) groups excluding carboxylic acids is 1. The van der Waals surface area contributed by atoms with Gasteiger partial charge in [-0.25, -0.2) is 0 Å². The van der Waals surface area contributed by atoms with Crippen molar-refractivity contribution in [2.45, 2.75) is 198 Å². The molecule has 6 atom stereocenters. The molecule has 0 amide bonds. The number of unbranched alkanes of at least 4 members (excludes halogenated alkanes) is 13. The second-order valence-corrected chi connectivity index (χ2v) is 15.5. The molecule has 9 nitrogen and oxygen atoms in total. The van der Waals surface area contributed by atoms with Gasteiger partial charge in [-0.2, -0.15) is 0 Å². The minimum Gasteiger partial charge on any atom is -0.457 e. The number of aliphatic hydroxyl groups is 4. The van der Waals surface area contributed by atoms with Crippen molar-refractivity contribution in [3.05, 3.63) is 85.1 Å². The molecule has 1 aliphatic rings. The Balaban J connectivity index is 2.31. The predicted molar refractivity (Wildman–Crippen MR) is 242 cm³/mol. The highest BCUT2D eigenvalue weighted by molar-refractivity contribution is 5.69. The van der Waals surface area contributed by atoms with Crippen LogP contribution in [0.3, 0.4) is 0 Å². The molecular formula is C50H84O9. The van der Waals surface area contributed by atoms with Gasteiger partial charge in [0.05, 0.1) is 19.8 Å². The Morgan fingerprint density at radius 3 is 1.56 bits per heavy atom. The molecular weight excluding hydrogens is 745 g/mol.